The van der Waals surface area contributed by atoms with Crippen molar-refractivity contribution in [1.82, 2.24) is 19.5 Å². The Morgan fingerprint density at radius 3 is 2.60 bits per heavy atom. The number of nitrogens with one attached hydrogen (secondary N) is 2. The van der Waals surface area contributed by atoms with Crippen LogP contribution in [0.3, 0.4) is 0 Å². The number of nitrogens with two attached hydrogens (primary N) is 1. The van der Waals surface area contributed by atoms with Crippen LogP contribution in [0.2, 0.25) is 0 Å². The van der Waals surface area contributed by atoms with Gasteiger partial charge in [0.15, 0.2) is 0 Å². The summed E-state index contributed by atoms with van der Waals surface area (Å²) in [5.74, 6) is 1.05. The Hall–Kier alpha value is -2.13. The molecule has 0 aliphatic heterocycles. The maximum atomic E-state index is 11.9. The number of nitrogens with zero attached hydrogens (tertiary/aromatic N) is 3. The Morgan fingerprint density at radius 1 is 1.35 bits per heavy atom. The van der Waals surface area contributed by atoms with E-state index in [-0.39, 0.29) is 4.90 Å². The molecule has 0 bridgehead atoms. The fraction of sp³-hybridized carbons (Fsp3) is 0.273. The van der Waals surface area contributed by atoms with Crippen molar-refractivity contribution in [2.45, 2.75) is 11.4 Å². The maximum absolute atomic E-state index is 11.9. The fourth-order valence-electron chi connectivity index (χ4n) is 1.50. The molecule has 0 radical (unpaired) electrons. The normalized spacial score (nSPS) is 11.8. The predicted octanol–water partition coefficient (Wildman–Crippen LogP) is 0.249. The number of hydrogen-bond donors (Lipinski definition) is 3. The van der Waals surface area contributed by atoms with Crippen molar-refractivity contribution in [3.8, 4) is 0 Å². The van der Waals surface area contributed by atoms with Gasteiger partial charge in [0.05, 0.1) is 6.20 Å². The third kappa shape index (κ3) is 2.89. The van der Waals surface area contributed by atoms with Gasteiger partial charge in [0.25, 0.3) is 0 Å². The SMILES string of the molecule is CN(C)S(=O)(=O)c1ccc(NCc2cn[nH]c2N)nc1. The molecule has 0 aromatic carbocycles. The molecule has 2 aromatic rings. The molecule has 0 aliphatic carbocycles. The molecular weight excluding hydrogens is 280 g/mol. The van der Waals surface area contributed by atoms with Crippen molar-refractivity contribution in [3.05, 3.63) is 30.1 Å². The summed E-state index contributed by atoms with van der Waals surface area (Å²) in [4.78, 5) is 4.22. The molecule has 108 valence electrons. The quantitative estimate of drug-likeness (QED) is 0.728. The first-order chi connectivity index (χ1) is 9.41. The Labute approximate surface area is 117 Å². The number of hydrogen-bond acceptors (Lipinski definition) is 6. The van der Waals surface area contributed by atoms with Crippen molar-refractivity contribution >= 4 is 21.7 Å². The van der Waals surface area contributed by atoms with Crippen LogP contribution in [0, 0.1) is 0 Å². The standard InChI is InChI=1S/C11H16N6O2S/c1-17(2)20(18,19)9-3-4-10(14-7-9)13-5-8-6-15-16-11(8)12/h3-4,6-7H,5H2,1-2H3,(H,13,14)(H3,12,15,16). The van der Waals surface area contributed by atoms with Crippen molar-refractivity contribution in [2.75, 3.05) is 25.1 Å². The van der Waals surface area contributed by atoms with Crippen LogP contribution in [0.1, 0.15) is 5.56 Å². The summed E-state index contributed by atoms with van der Waals surface area (Å²) >= 11 is 0. The molecule has 8 nitrogen and oxygen atoms in total. The summed E-state index contributed by atoms with van der Waals surface area (Å²) in [5.41, 5.74) is 6.47. The summed E-state index contributed by atoms with van der Waals surface area (Å²) in [5, 5.41) is 9.47. The third-order valence-electron chi connectivity index (χ3n) is 2.73. The van der Waals surface area contributed by atoms with Crippen molar-refractivity contribution in [1.29, 1.82) is 0 Å². The highest BCUT2D eigenvalue weighted by atomic mass is 32.2. The number of anilines is 2. The first-order valence-electron chi connectivity index (χ1n) is 5.81. The average Bonchev–Trinajstić information content (AvgIpc) is 2.82. The van der Waals surface area contributed by atoms with E-state index in [9.17, 15) is 8.42 Å². The minimum Gasteiger partial charge on any atom is -0.384 e. The minimum absolute atomic E-state index is 0.149. The van der Waals surface area contributed by atoms with E-state index in [1.165, 1.54) is 26.4 Å². The highest BCUT2D eigenvalue weighted by Gasteiger charge is 2.17. The second-order valence-corrected chi connectivity index (χ2v) is 6.48. The van der Waals surface area contributed by atoms with E-state index >= 15 is 0 Å². The topological polar surface area (TPSA) is 117 Å². The number of pyridine rings is 1. The highest BCUT2D eigenvalue weighted by molar-refractivity contribution is 7.89. The van der Waals surface area contributed by atoms with Gasteiger partial charge in [-0.25, -0.2) is 17.7 Å². The van der Waals surface area contributed by atoms with Crippen LogP contribution < -0.4 is 11.1 Å². The van der Waals surface area contributed by atoms with Gasteiger partial charge < -0.3 is 11.1 Å². The largest absolute Gasteiger partial charge is 0.384 e. The number of nitrogen functional groups attached to an aromatic ring is 1. The van der Waals surface area contributed by atoms with Gasteiger partial charge >= 0.3 is 0 Å². The zero-order valence-electron chi connectivity index (χ0n) is 11.2. The van der Waals surface area contributed by atoms with Gasteiger partial charge in [0, 0.05) is 32.4 Å². The van der Waals surface area contributed by atoms with Crippen LogP contribution in [0.25, 0.3) is 0 Å². The lowest BCUT2D eigenvalue weighted by atomic mass is 10.3. The Morgan fingerprint density at radius 2 is 2.10 bits per heavy atom. The second-order valence-electron chi connectivity index (χ2n) is 4.33. The molecule has 0 spiro atoms. The van der Waals surface area contributed by atoms with Crippen LogP contribution in [0.5, 0.6) is 0 Å². The average molecular weight is 296 g/mol. The van der Waals surface area contributed by atoms with Crippen molar-refractivity contribution in [2.24, 2.45) is 0 Å². The molecule has 0 fully saturated rings. The molecule has 2 aromatic heterocycles. The van der Waals surface area contributed by atoms with E-state index in [4.69, 9.17) is 5.73 Å². The van der Waals surface area contributed by atoms with Crippen LogP contribution in [-0.2, 0) is 16.6 Å². The zero-order chi connectivity index (χ0) is 14.8. The lowest BCUT2D eigenvalue weighted by Gasteiger charge is -2.11. The van der Waals surface area contributed by atoms with E-state index in [1.807, 2.05) is 0 Å². The maximum Gasteiger partial charge on any atom is 0.244 e. The molecule has 0 saturated heterocycles. The van der Waals surface area contributed by atoms with E-state index in [2.05, 4.69) is 20.5 Å². The first kappa shape index (κ1) is 14.3. The number of rotatable bonds is 5. The summed E-state index contributed by atoms with van der Waals surface area (Å²) in [7, 11) is -0.500. The molecule has 0 atom stereocenters. The Bertz CT molecular complexity index is 677. The lowest BCUT2D eigenvalue weighted by molar-refractivity contribution is 0.520. The van der Waals surface area contributed by atoms with Gasteiger partial charge in [0.2, 0.25) is 10.0 Å². The van der Waals surface area contributed by atoms with Gasteiger partial charge in [0.1, 0.15) is 16.5 Å². The zero-order valence-corrected chi connectivity index (χ0v) is 12.0. The molecule has 20 heavy (non-hydrogen) atoms. The van der Waals surface area contributed by atoms with Crippen LogP contribution in [0.4, 0.5) is 11.6 Å². The summed E-state index contributed by atoms with van der Waals surface area (Å²) in [6.07, 6.45) is 2.93. The third-order valence-corrected chi connectivity index (χ3v) is 4.52. The number of aromatic nitrogens is 3. The van der Waals surface area contributed by atoms with E-state index in [1.54, 1.807) is 12.3 Å². The van der Waals surface area contributed by atoms with Crippen LogP contribution >= 0.6 is 0 Å². The number of H-pyrrole nitrogens is 1. The number of sulfonamides is 1. The van der Waals surface area contributed by atoms with E-state index in [0.29, 0.717) is 18.2 Å². The van der Waals surface area contributed by atoms with Gasteiger partial charge in [-0.1, -0.05) is 0 Å². The molecule has 2 heterocycles. The molecule has 0 amide bonds. The molecule has 4 N–H and O–H groups in total. The van der Waals surface area contributed by atoms with Gasteiger partial charge in [-0.05, 0) is 12.1 Å². The van der Waals surface area contributed by atoms with E-state index < -0.39 is 10.0 Å². The summed E-state index contributed by atoms with van der Waals surface area (Å²) < 4.78 is 24.9. The van der Waals surface area contributed by atoms with Crippen molar-refractivity contribution < 1.29 is 8.42 Å². The summed E-state index contributed by atoms with van der Waals surface area (Å²) in [6, 6.07) is 3.11. The lowest BCUT2D eigenvalue weighted by Crippen LogP contribution is -2.22. The smallest absolute Gasteiger partial charge is 0.244 e. The second kappa shape index (κ2) is 5.47. The fourth-order valence-corrected chi connectivity index (χ4v) is 2.34. The Balaban J connectivity index is 2.08. The molecule has 0 unspecified atom stereocenters. The molecule has 9 heteroatoms. The van der Waals surface area contributed by atoms with Gasteiger partial charge in [-0.15, -0.1) is 0 Å². The Kier molecular flexibility index (Phi) is 3.91. The molecule has 0 saturated carbocycles. The molecular formula is C11H16N6O2S. The van der Waals surface area contributed by atoms with Gasteiger partial charge in [-0.3, -0.25) is 5.10 Å². The monoisotopic (exact) mass is 296 g/mol. The molecule has 2 rings (SSSR count). The van der Waals surface area contributed by atoms with Crippen molar-refractivity contribution in [3.63, 3.8) is 0 Å². The van der Waals surface area contributed by atoms with Crippen LogP contribution in [-0.4, -0.2) is 42.0 Å². The van der Waals surface area contributed by atoms with E-state index in [0.717, 1.165) is 9.87 Å². The van der Waals surface area contributed by atoms with Gasteiger partial charge in [-0.2, -0.15) is 5.10 Å². The first-order valence-corrected chi connectivity index (χ1v) is 7.25. The predicted molar refractivity (Wildman–Crippen MR) is 75.4 cm³/mol. The highest BCUT2D eigenvalue weighted by Crippen LogP contribution is 2.15. The number of aromatic amines is 1. The van der Waals surface area contributed by atoms with Crippen LogP contribution in [0.15, 0.2) is 29.4 Å². The summed E-state index contributed by atoms with van der Waals surface area (Å²) in [6.45, 7) is 0.453. The minimum atomic E-state index is -3.45. The molecule has 0 aliphatic rings.